The van der Waals surface area contributed by atoms with Gasteiger partial charge in [0.2, 0.25) is 0 Å². The maximum absolute atomic E-state index is 12.1. The highest BCUT2D eigenvalue weighted by Crippen LogP contribution is 2.16. The van der Waals surface area contributed by atoms with Gasteiger partial charge in [0, 0.05) is 6.42 Å². The lowest BCUT2D eigenvalue weighted by molar-refractivity contribution is -0.145. The summed E-state index contributed by atoms with van der Waals surface area (Å²) in [6, 6.07) is 0. The maximum Gasteiger partial charge on any atom is 0.305 e. The van der Waals surface area contributed by atoms with Crippen LogP contribution in [0.5, 0.6) is 0 Å². The third-order valence-electron chi connectivity index (χ3n) is 8.81. The smallest absolute Gasteiger partial charge is 0.305 e. The summed E-state index contributed by atoms with van der Waals surface area (Å²) in [5.41, 5.74) is 0. The van der Waals surface area contributed by atoms with E-state index in [1.165, 1.54) is 193 Å². The van der Waals surface area contributed by atoms with Gasteiger partial charge in [-0.15, -0.1) is 0 Å². The molecular formula is C38H76O2. The van der Waals surface area contributed by atoms with E-state index in [0.29, 0.717) is 18.9 Å². The first kappa shape index (κ1) is 39.5. The Labute approximate surface area is 254 Å². The molecule has 0 aromatic rings. The normalized spacial score (nSPS) is 12.2. The van der Waals surface area contributed by atoms with E-state index in [1.807, 2.05) is 0 Å². The minimum absolute atomic E-state index is 0.0257. The highest BCUT2D eigenvalue weighted by molar-refractivity contribution is 5.69. The van der Waals surface area contributed by atoms with Crippen LogP contribution in [0.2, 0.25) is 0 Å². The Balaban J connectivity index is 3.25. The quantitative estimate of drug-likeness (QED) is 0.0574. The first-order valence-corrected chi connectivity index (χ1v) is 18.9. The predicted molar refractivity (Wildman–Crippen MR) is 179 cm³/mol. The second-order valence-electron chi connectivity index (χ2n) is 13.2. The van der Waals surface area contributed by atoms with Gasteiger partial charge in [-0.1, -0.05) is 207 Å². The largest absolute Gasteiger partial charge is 0.465 e. The van der Waals surface area contributed by atoms with E-state index in [0.717, 1.165) is 6.42 Å². The van der Waals surface area contributed by atoms with Crippen LogP contribution in [0.15, 0.2) is 0 Å². The summed E-state index contributed by atoms with van der Waals surface area (Å²) in [6.07, 6.45) is 43.4. The van der Waals surface area contributed by atoms with E-state index in [-0.39, 0.29) is 5.97 Å². The van der Waals surface area contributed by atoms with Gasteiger partial charge in [0.1, 0.15) is 0 Å². The van der Waals surface area contributed by atoms with Gasteiger partial charge in [-0.25, -0.2) is 0 Å². The molecule has 0 fully saturated rings. The zero-order valence-corrected chi connectivity index (χ0v) is 28.2. The standard InChI is InChI=1S/C38H76O2/c1-4-6-8-10-12-14-16-17-18-19-20-21-22-23-25-27-29-31-33-35-38(39)40-36-37(3)34-32-30-28-26-24-15-13-11-9-7-5-2/h37H,4-36H2,1-3H3. The van der Waals surface area contributed by atoms with E-state index in [1.54, 1.807) is 0 Å². The van der Waals surface area contributed by atoms with Crippen LogP contribution in [0.25, 0.3) is 0 Å². The molecule has 240 valence electrons. The first-order chi connectivity index (χ1) is 19.7. The van der Waals surface area contributed by atoms with Crippen LogP contribution in [0.3, 0.4) is 0 Å². The summed E-state index contributed by atoms with van der Waals surface area (Å²) in [5, 5.41) is 0. The zero-order valence-electron chi connectivity index (χ0n) is 28.2. The second kappa shape index (κ2) is 34.7. The molecule has 2 heteroatoms. The molecule has 0 aliphatic rings. The number of hydrogen-bond acceptors (Lipinski definition) is 2. The molecule has 0 aromatic heterocycles. The van der Waals surface area contributed by atoms with Crippen LogP contribution in [-0.2, 0) is 9.53 Å². The van der Waals surface area contributed by atoms with Crippen LogP contribution in [0, 0.1) is 5.92 Å². The molecule has 0 aliphatic heterocycles. The molecule has 0 heterocycles. The van der Waals surface area contributed by atoms with Gasteiger partial charge < -0.3 is 4.74 Å². The Morgan fingerprint density at radius 3 is 1.02 bits per heavy atom. The lowest BCUT2D eigenvalue weighted by atomic mass is 10.0. The van der Waals surface area contributed by atoms with Gasteiger partial charge in [-0.2, -0.15) is 0 Å². The van der Waals surface area contributed by atoms with Gasteiger partial charge >= 0.3 is 5.97 Å². The minimum atomic E-state index is 0.0257. The van der Waals surface area contributed by atoms with Crippen molar-refractivity contribution >= 4 is 5.97 Å². The molecule has 40 heavy (non-hydrogen) atoms. The second-order valence-corrected chi connectivity index (χ2v) is 13.2. The summed E-state index contributed by atoms with van der Waals surface area (Å²) in [7, 11) is 0. The Hall–Kier alpha value is -0.530. The van der Waals surface area contributed by atoms with Crippen molar-refractivity contribution in [2.45, 2.75) is 226 Å². The van der Waals surface area contributed by atoms with Crippen LogP contribution in [-0.4, -0.2) is 12.6 Å². The number of ether oxygens (including phenoxy) is 1. The summed E-state index contributed by atoms with van der Waals surface area (Å²) >= 11 is 0. The van der Waals surface area contributed by atoms with Gasteiger partial charge in [0.25, 0.3) is 0 Å². The third kappa shape index (κ3) is 33.7. The lowest BCUT2D eigenvalue weighted by Gasteiger charge is -2.12. The first-order valence-electron chi connectivity index (χ1n) is 18.9. The van der Waals surface area contributed by atoms with Gasteiger partial charge in [-0.3, -0.25) is 4.79 Å². The van der Waals surface area contributed by atoms with Crippen molar-refractivity contribution in [2.75, 3.05) is 6.61 Å². The fraction of sp³-hybridized carbons (Fsp3) is 0.974. The predicted octanol–water partition coefficient (Wildman–Crippen LogP) is 13.7. The molecule has 0 saturated carbocycles. The van der Waals surface area contributed by atoms with Crippen molar-refractivity contribution in [3.63, 3.8) is 0 Å². The van der Waals surface area contributed by atoms with E-state index in [9.17, 15) is 4.79 Å². The topological polar surface area (TPSA) is 26.3 Å². The fourth-order valence-corrected chi connectivity index (χ4v) is 5.90. The van der Waals surface area contributed by atoms with Crippen molar-refractivity contribution in [1.29, 1.82) is 0 Å². The van der Waals surface area contributed by atoms with Gasteiger partial charge in [0.05, 0.1) is 6.61 Å². The van der Waals surface area contributed by atoms with E-state index in [2.05, 4.69) is 20.8 Å². The molecule has 0 spiro atoms. The highest BCUT2D eigenvalue weighted by Gasteiger charge is 2.07. The Morgan fingerprint density at radius 2 is 0.700 bits per heavy atom. The zero-order chi connectivity index (χ0) is 29.2. The van der Waals surface area contributed by atoms with Crippen LogP contribution >= 0.6 is 0 Å². The maximum atomic E-state index is 12.1. The Morgan fingerprint density at radius 1 is 0.425 bits per heavy atom. The summed E-state index contributed by atoms with van der Waals surface area (Å²) < 4.78 is 5.55. The number of hydrogen-bond donors (Lipinski definition) is 0. The molecule has 0 amide bonds. The van der Waals surface area contributed by atoms with Crippen LogP contribution < -0.4 is 0 Å². The monoisotopic (exact) mass is 565 g/mol. The molecule has 0 N–H and O–H groups in total. The van der Waals surface area contributed by atoms with Gasteiger partial charge in [-0.05, 0) is 18.8 Å². The molecule has 1 unspecified atom stereocenters. The van der Waals surface area contributed by atoms with Crippen molar-refractivity contribution < 1.29 is 9.53 Å². The molecule has 0 rings (SSSR count). The van der Waals surface area contributed by atoms with Crippen LogP contribution in [0.4, 0.5) is 0 Å². The fourth-order valence-electron chi connectivity index (χ4n) is 5.90. The molecule has 0 saturated heterocycles. The molecule has 1 atom stereocenters. The molecule has 2 nitrogen and oxygen atoms in total. The van der Waals surface area contributed by atoms with Crippen LogP contribution in [0.1, 0.15) is 226 Å². The molecule has 0 radical (unpaired) electrons. The summed E-state index contributed by atoms with van der Waals surface area (Å²) in [5.74, 6) is 0.533. The van der Waals surface area contributed by atoms with E-state index < -0.39 is 0 Å². The Bertz CT molecular complexity index is 474. The Kier molecular flexibility index (Phi) is 34.2. The van der Waals surface area contributed by atoms with Crippen molar-refractivity contribution in [2.24, 2.45) is 5.92 Å². The van der Waals surface area contributed by atoms with Crippen molar-refractivity contribution in [1.82, 2.24) is 0 Å². The van der Waals surface area contributed by atoms with Crippen molar-refractivity contribution in [3.8, 4) is 0 Å². The average molecular weight is 565 g/mol. The molecule has 0 aromatic carbocycles. The molecule has 0 aliphatic carbocycles. The van der Waals surface area contributed by atoms with E-state index >= 15 is 0 Å². The summed E-state index contributed by atoms with van der Waals surface area (Å²) in [6.45, 7) is 7.44. The number of carbonyl (C=O) groups excluding carboxylic acids is 1. The number of esters is 1. The van der Waals surface area contributed by atoms with E-state index in [4.69, 9.17) is 4.74 Å². The van der Waals surface area contributed by atoms with Gasteiger partial charge in [0.15, 0.2) is 0 Å². The van der Waals surface area contributed by atoms with Crippen molar-refractivity contribution in [3.05, 3.63) is 0 Å². The minimum Gasteiger partial charge on any atom is -0.465 e. The summed E-state index contributed by atoms with van der Waals surface area (Å²) in [4.78, 5) is 12.1. The number of carbonyl (C=O) groups is 1. The highest BCUT2D eigenvalue weighted by atomic mass is 16.5. The molecule has 0 bridgehead atoms. The lowest BCUT2D eigenvalue weighted by Crippen LogP contribution is -2.11. The SMILES string of the molecule is CCCCCCCCCCCCCCCCCCCCCC(=O)OCC(C)CCCCCCCCCCCCC. The molecular weight excluding hydrogens is 488 g/mol. The average Bonchev–Trinajstić information content (AvgIpc) is 2.96. The number of rotatable bonds is 34. The third-order valence-corrected chi connectivity index (χ3v) is 8.81. The number of unbranched alkanes of at least 4 members (excludes halogenated alkanes) is 28.